The molecule has 0 bridgehead atoms. The lowest BCUT2D eigenvalue weighted by molar-refractivity contribution is 0.0947. The number of hydrogen-bond donors (Lipinski definition) is 1. The zero-order valence-electron chi connectivity index (χ0n) is 12.6. The van der Waals surface area contributed by atoms with Gasteiger partial charge >= 0.3 is 0 Å². The Morgan fingerprint density at radius 2 is 2.29 bits per heavy atom. The molecule has 2 heterocycles. The van der Waals surface area contributed by atoms with E-state index in [2.05, 4.69) is 10.3 Å². The number of nitrogens with one attached hydrogen (secondary N) is 1. The normalized spacial score (nSPS) is 19.1. The molecule has 0 saturated carbocycles. The first-order valence-corrected chi connectivity index (χ1v) is 8.84. The fraction of sp³-hybridized carbons (Fsp3) is 0.643. The summed E-state index contributed by atoms with van der Waals surface area (Å²) in [7, 11) is -3.56. The molecule has 2 rings (SSSR count). The molecular formula is C14H23N3O3S. The summed E-state index contributed by atoms with van der Waals surface area (Å²) in [6, 6.07) is 3.24. The van der Waals surface area contributed by atoms with Gasteiger partial charge in [-0.2, -0.15) is 4.31 Å². The molecule has 1 unspecified atom stereocenters. The Bertz CT molecular complexity index is 556. The molecule has 1 aromatic heterocycles. The average molecular weight is 313 g/mol. The first-order chi connectivity index (χ1) is 10.1. The maximum Gasteiger partial charge on any atom is 0.246 e. The molecule has 1 N–H and O–H groups in total. The Balaban J connectivity index is 2.25. The number of rotatable bonds is 7. The fourth-order valence-corrected chi connectivity index (χ4v) is 4.05. The van der Waals surface area contributed by atoms with E-state index < -0.39 is 10.0 Å². The van der Waals surface area contributed by atoms with Crippen molar-refractivity contribution in [2.24, 2.45) is 0 Å². The molecule has 1 saturated heterocycles. The number of anilines is 1. The van der Waals surface area contributed by atoms with E-state index >= 15 is 0 Å². The third kappa shape index (κ3) is 3.72. The molecule has 1 aliphatic heterocycles. The minimum atomic E-state index is -3.56. The van der Waals surface area contributed by atoms with Crippen LogP contribution in [-0.2, 0) is 14.8 Å². The van der Waals surface area contributed by atoms with E-state index in [0.717, 1.165) is 19.4 Å². The maximum atomic E-state index is 12.8. The smallest absolute Gasteiger partial charge is 0.246 e. The monoisotopic (exact) mass is 313 g/mol. The lowest BCUT2D eigenvalue weighted by atomic mass is 10.2. The first-order valence-electron chi connectivity index (χ1n) is 7.40. The summed E-state index contributed by atoms with van der Waals surface area (Å²) in [6.45, 7) is 5.92. The number of aromatic nitrogens is 1. The second-order valence-electron chi connectivity index (χ2n) is 4.97. The van der Waals surface area contributed by atoms with Gasteiger partial charge in [-0.25, -0.2) is 13.4 Å². The third-order valence-corrected chi connectivity index (χ3v) is 5.49. The van der Waals surface area contributed by atoms with Gasteiger partial charge in [0.25, 0.3) is 0 Å². The van der Waals surface area contributed by atoms with Crippen molar-refractivity contribution in [1.82, 2.24) is 9.29 Å². The highest BCUT2D eigenvalue weighted by molar-refractivity contribution is 7.89. The van der Waals surface area contributed by atoms with Crippen LogP contribution < -0.4 is 5.32 Å². The van der Waals surface area contributed by atoms with Gasteiger partial charge in [-0.05, 0) is 31.9 Å². The van der Waals surface area contributed by atoms with Crippen LogP contribution in [0, 0.1) is 0 Å². The predicted molar refractivity (Wildman–Crippen MR) is 81.8 cm³/mol. The van der Waals surface area contributed by atoms with Crippen molar-refractivity contribution in [1.29, 1.82) is 0 Å². The molecular weight excluding hydrogens is 290 g/mol. The summed E-state index contributed by atoms with van der Waals surface area (Å²) in [4.78, 5) is 4.36. The van der Waals surface area contributed by atoms with Gasteiger partial charge in [0.1, 0.15) is 10.7 Å². The van der Waals surface area contributed by atoms with Gasteiger partial charge < -0.3 is 10.1 Å². The molecule has 7 heteroatoms. The van der Waals surface area contributed by atoms with E-state index in [1.54, 1.807) is 18.3 Å². The van der Waals surface area contributed by atoms with Gasteiger partial charge in [0.05, 0.1) is 6.10 Å². The van der Waals surface area contributed by atoms with Crippen LogP contribution in [0.15, 0.2) is 23.2 Å². The van der Waals surface area contributed by atoms with E-state index in [4.69, 9.17) is 4.74 Å². The van der Waals surface area contributed by atoms with Gasteiger partial charge in [0.2, 0.25) is 10.0 Å². The first kappa shape index (κ1) is 16.2. The molecule has 1 atom stereocenters. The van der Waals surface area contributed by atoms with E-state index in [1.807, 2.05) is 13.8 Å². The van der Waals surface area contributed by atoms with Gasteiger partial charge in [-0.15, -0.1) is 0 Å². The summed E-state index contributed by atoms with van der Waals surface area (Å²) in [5, 5.41) is 3.01. The Kier molecular flexibility index (Phi) is 5.55. The van der Waals surface area contributed by atoms with Gasteiger partial charge in [-0.1, -0.05) is 6.92 Å². The van der Waals surface area contributed by atoms with E-state index in [-0.39, 0.29) is 11.0 Å². The Morgan fingerprint density at radius 1 is 1.48 bits per heavy atom. The zero-order chi connectivity index (χ0) is 15.3. The van der Waals surface area contributed by atoms with E-state index in [9.17, 15) is 8.42 Å². The van der Waals surface area contributed by atoms with Crippen molar-refractivity contribution >= 4 is 15.8 Å². The molecule has 0 aliphatic carbocycles. The Morgan fingerprint density at radius 3 is 2.90 bits per heavy atom. The van der Waals surface area contributed by atoms with Crippen molar-refractivity contribution in [3.8, 4) is 0 Å². The summed E-state index contributed by atoms with van der Waals surface area (Å²) in [6.07, 6.45) is 3.50. The molecule has 21 heavy (non-hydrogen) atoms. The summed E-state index contributed by atoms with van der Waals surface area (Å²) >= 11 is 0. The largest absolute Gasteiger partial charge is 0.377 e. The maximum absolute atomic E-state index is 12.8. The van der Waals surface area contributed by atoms with Gasteiger partial charge in [-0.3, -0.25) is 0 Å². The highest BCUT2D eigenvalue weighted by Crippen LogP contribution is 2.24. The lowest BCUT2D eigenvalue weighted by Crippen LogP contribution is -2.37. The molecule has 0 amide bonds. The topological polar surface area (TPSA) is 71.5 Å². The van der Waals surface area contributed by atoms with Crippen LogP contribution in [0.3, 0.4) is 0 Å². The number of pyridine rings is 1. The number of ether oxygens (including phenoxy) is 1. The standard InChI is InChI=1S/C14H23N3O3S/c1-3-15-14-13(8-5-9-16-14)21(18,19)17(4-2)11-12-7-6-10-20-12/h5,8-9,12H,3-4,6-7,10-11H2,1-2H3,(H,15,16). The Hall–Kier alpha value is -1.18. The SMILES string of the molecule is CCNc1ncccc1S(=O)(=O)N(CC)CC1CCCO1. The van der Waals surface area contributed by atoms with E-state index in [1.165, 1.54) is 4.31 Å². The second-order valence-corrected chi connectivity index (χ2v) is 6.88. The second kappa shape index (κ2) is 7.20. The number of likely N-dealkylation sites (N-methyl/N-ethyl adjacent to an activating group) is 1. The van der Waals surface area contributed by atoms with Crippen LogP contribution >= 0.6 is 0 Å². The molecule has 0 spiro atoms. The van der Waals surface area contributed by atoms with Crippen molar-refractivity contribution in [3.05, 3.63) is 18.3 Å². The third-order valence-electron chi connectivity index (χ3n) is 3.52. The van der Waals surface area contributed by atoms with Gasteiger partial charge in [0.15, 0.2) is 0 Å². The summed E-state index contributed by atoms with van der Waals surface area (Å²) < 4.78 is 32.7. The molecule has 118 valence electrons. The fourth-order valence-electron chi connectivity index (χ4n) is 2.45. The van der Waals surface area contributed by atoms with Crippen LogP contribution in [0.1, 0.15) is 26.7 Å². The molecule has 1 aromatic rings. The quantitative estimate of drug-likeness (QED) is 0.829. The lowest BCUT2D eigenvalue weighted by Gasteiger charge is -2.24. The van der Waals surface area contributed by atoms with Crippen LogP contribution in [0.2, 0.25) is 0 Å². The minimum absolute atomic E-state index is 0.000944. The molecule has 1 aliphatic rings. The highest BCUT2D eigenvalue weighted by atomic mass is 32.2. The number of sulfonamides is 1. The van der Waals surface area contributed by atoms with Crippen LogP contribution in [0.4, 0.5) is 5.82 Å². The van der Waals surface area contributed by atoms with Crippen LogP contribution in [0.5, 0.6) is 0 Å². The average Bonchev–Trinajstić information content (AvgIpc) is 2.98. The zero-order valence-corrected chi connectivity index (χ0v) is 13.4. The van der Waals surface area contributed by atoms with Crippen LogP contribution in [0.25, 0.3) is 0 Å². The van der Waals surface area contributed by atoms with E-state index in [0.29, 0.717) is 25.5 Å². The number of nitrogens with zero attached hydrogens (tertiary/aromatic N) is 2. The Labute approximate surface area is 126 Å². The van der Waals surface area contributed by atoms with Gasteiger partial charge in [0, 0.05) is 32.4 Å². The summed E-state index contributed by atoms with van der Waals surface area (Å²) in [5.41, 5.74) is 0. The predicted octanol–water partition coefficient (Wildman–Crippen LogP) is 1.70. The van der Waals surface area contributed by atoms with Crippen LogP contribution in [-0.4, -0.2) is 50.1 Å². The highest BCUT2D eigenvalue weighted by Gasteiger charge is 2.29. The van der Waals surface area contributed by atoms with Crippen molar-refractivity contribution in [2.45, 2.75) is 37.7 Å². The molecule has 1 fully saturated rings. The van der Waals surface area contributed by atoms with Crippen molar-refractivity contribution in [3.63, 3.8) is 0 Å². The molecule has 0 aromatic carbocycles. The molecule has 0 radical (unpaired) electrons. The molecule has 6 nitrogen and oxygen atoms in total. The van der Waals surface area contributed by atoms with Crippen molar-refractivity contribution in [2.75, 3.05) is 31.6 Å². The summed E-state index contributed by atoms with van der Waals surface area (Å²) in [5.74, 6) is 0.408. The minimum Gasteiger partial charge on any atom is -0.377 e. The number of hydrogen-bond acceptors (Lipinski definition) is 5. The van der Waals surface area contributed by atoms with Crippen molar-refractivity contribution < 1.29 is 13.2 Å².